The van der Waals surface area contributed by atoms with Gasteiger partial charge in [-0.15, -0.1) is 0 Å². The van der Waals surface area contributed by atoms with E-state index in [1.54, 1.807) is 12.1 Å². The Bertz CT molecular complexity index is 833. The molecule has 1 saturated heterocycles. The number of nitro groups is 1. The first kappa shape index (κ1) is 19.9. The highest BCUT2D eigenvalue weighted by Crippen LogP contribution is 2.43. The lowest BCUT2D eigenvalue weighted by molar-refractivity contribution is -0.384. The van der Waals surface area contributed by atoms with E-state index in [0.29, 0.717) is 17.3 Å². The molecule has 156 valence electrons. The van der Waals surface area contributed by atoms with Crippen LogP contribution >= 0.6 is 0 Å². The maximum atomic E-state index is 13.0. The molecule has 0 aromatic heterocycles. The average Bonchev–Trinajstić information content (AvgIpc) is 2.97. The van der Waals surface area contributed by atoms with Gasteiger partial charge < -0.3 is 4.90 Å². The van der Waals surface area contributed by atoms with Crippen LogP contribution in [0.2, 0.25) is 0 Å². The van der Waals surface area contributed by atoms with Crippen molar-refractivity contribution in [1.29, 1.82) is 0 Å². The zero-order valence-electron chi connectivity index (χ0n) is 17.2. The Kier molecular flexibility index (Phi) is 5.32. The van der Waals surface area contributed by atoms with Gasteiger partial charge in [0.25, 0.3) is 5.69 Å². The van der Waals surface area contributed by atoms with Crippen molar-refractivity contribution in [1.82, 2.24) is 0 Å². The predicted octanol–water partition coefficient (Wildman–Crippen LogP) is 4.29. The van der Waals surface area contributed by atoms with E-state index in [2.05, 4.69) is 6.92 Å². The van der Waals surface area contributed by atoms with Crippen molar-refractivity contribution in [2.75, 3.05) is 16.8 Å². The lowest BCUT2D eigenvalue weighted by Crippen LogP contribution is -2.34. The molecule has 7 heteroatoms. The molecule has 1 heterocycles. The second kappa shape index (κ2) is 7.76. The van der Waals surface area contributed by atoms with E-state index in [4.69, 9.17) is 0 Å². The zero-order chi connectivity index (χ0) is 20.7. The summed E-state index contributed by atoms with van der Waals surface area (Å²) < 4.78 is 0. The van der Waals surface area contributed by atoms with E-state index in [-0.39, 0.29) is 35.4 Å². The normalized spacial score (nSPS) is 27.8. The number of fused-ring (bicyclic) bond motifs is 1. The molecule has 0 radical (unpaired) electrons. The molecule has 3 aliphatic rings. The fourth-order valence-electron chi connectivity index (χ4n) is 5.40. The van der Waals surface area contributed by atoms with Crippen molar-refractivity contribution in [2.45, 2.75) is 64.3 Å². The van der Waals surface area contributed by atoms with E-state index >= 15 is 0 Å². The standard InChI is InChI=1S/C22H29N3O4/c1-14-8-10-17-18(12-14)22(27)24(21(17)26)16-9-11-19(20(13-16)25(28)29)23(2)15-6-4-3-5-7-15/h9,11,13-15,17-18H,3-8,10,12H2,1-2H3/t14-,17+,18-/m1/s1. The highest BCUT2D eigenvalue weighted by molar-refractivity contribution is 6.22. The number of benzene rings is 1. The van der Waals surface area contributed by atoms with Gasteiger partial charge in [0.1, 0.15) is 5.69 Å². The second-order valence-electron chi connectivity index (χ2n) is 8.98. The number of hydrogen-bond donors (Lipinski definition) is 0. The molecule has 7 nitrogen and oxygen atoms in total. The minimum atomic E-state index is -0.404. The molecule has 3 atom stereocenters. The van der Waals surface area contributed by atoms with Gasteiger partial charge in [0.05, 0.1) is 22.4 Å². The smallest absolute Gasteiger partial charge is 0.294 e. The number of nitro benzene ring substituents is 1. The van der Waals surface area contributed by atoms with Crippen molar-refractivity contribution in [2.24, 2.45) is 17.8 Å². The van der Waals surface area contributed by atoms with Crippen LogP contribution in [0, 0.1) is 27.9 Å². The molecular formula is C22H29N3O4. The number of amides is 2. The Labute approximate surface area is 171 Å². The Morgan fingerprint density at radius 2 is 1.72 bits per heavy atom. The molecule has 0 bridgehead atoms. The Hall–Kier alpha value is -2.44. The molecule has 2 aliphatic carbocycles. The Morgan fingerprint density at radius 3 is 2.41 bits per heavy atom. The number of nitrogens with zero attached hydrogens (tertiary/aromatic N) is 3. The summed E-state index contributed by atoms with van der Waals surface area (Å²) >= 11 is 0. The number of hydrogen-bond acceptors (Lipinski definition) is 5. The van der Waals surface area contributed by atoms with Crippen LogP contribution in [0.5, 0.6) is 0 Å². The lowest BCUT2D eigenvalue weighted by atomic mass is 9.76. The third-order valence-corrected chi connectivity index (χ3v) is 7.10. The molecular weight excluding hydrogens is 370 g/mol. The summed E-state index contributed by atoms with van der Waals surface area (Å²) in [6.07, 6.45) is 7.93. The lowest BCUT2D eigenvalue weighted by Gasteiger charge is -2.32. The maximum absolute atomic E-state index is 13.0. The summed E-state index contributed by atoms with van der Waals surface area (Å²) in [6.45, 7) is 2.11. The number of carbonyl (C=O) groups is 2. The molecule has 0 spiro atoms. The van der Waals surface area contributed by atoms with Crippen LogP contribution < -0.4 is 9.80 Å². The summed E-state index contributed by atoms with van der Waals surface area (Å²) in [5.41, 5.74) is 0.838. The fourth-order valence-corrected chi connectivity index (χ4v) is 5.40. The van der Waals surface area contributed by atoms with Gasteiger partial charge in [-0.1, -0.05) is 26.2 Å². The van der Waals surface area contributed by atoms with Crippen LogP contribution in [0.4, 0.5) is 17.1 Å². The van der Waals surface area contributed by atoms with Gasteiger partial charge in [-0.25, -0.2) is 4.90 Å². The zero-order valence-corrected chi connectivity index (χ0v) is 17.2. The molecule has 29 heavy (non-hydrogen) atoms. The van der Waals surface area contributed by atoms with Crippen LogP contribution in [0.15, 0.2) is 18.2 Å². The van der Waals surface area contributed by atoms with Gasteiger partial charge >= 0.3 is 0 Å². The van der Waals surface area contributed by atoms with Crippen LogP contribution in [0.1, 0.15) is 58.3 Å². The molecule has 0 N–H and O–H groups in total. The number of anilines is 2. The molecule has 3 fully saturated rings. The first-order valence-electron chi connectivity index (χ1n) is 10.8. The molecule has 2 amide bonds. The van der Waals surface area contributed by atoms with E-state index in [0.717, 1.165) is 44.9 Å². The minimum Gasteiger partial charge on any atom is -0.366 e. The minimum absolute atomic E-state index is 0.0422. The van der Waals surface area contributed by atoms with Crippen LogP contribution in [-0.4, -0.2) is 29.8 Å². The fraction of sp³-hybridized carbons (Fsp3) is 0.636. The number of carbonyl (C=O) groups excluding carboxylic acids is 2. The molecule has 2 saturated carbocycles. The van der Waals surface area contributed by atoms with Crippen LogP contribution in [-0.2, 0) is 9.59 Å². The Balaban J connectivity index is 1.65. The summed E-state index contributed by atoms with van der Waals surface area (Å²) in [7, 11) is 1.90. The summed E-state index contributed by atoms with van der Waals surface area (Å²) in [5.74, 6) is -0.533. The summed E-state index contributed by atoms with van der Waals surface area (Å²) in [5, 5.41) is 11.8. The van der Waals surface area contributed by atoms with E-state index in [9.17, 15) is 19.7 Å². The largest absolute Gasteiger partial charge is 0.366 e. The summed E-state index contributed by atoms with van der Waals surface area (Å²) in [4.78, 5) is 40.5. The van der Waals surface area contributed by atoms with Gasteiger partial charge in [0.2, 0.25) is 11.8 Å². The third kappa shape index (κ3) is 3.51. The number of rotatable bonds is 4. The molecule has 4 rings (SSSR count). The van der Waals surface area contributed by atoms with Gasteiger partial charge in [0, 0.05) is 19.2 Å². The van der Waals surface area contributed by atoms with Crippen molar-refractivity contribution in [3.8, 4) is 0 Å². The van der Waals surface area contributed by atoms with Crippen molar-refractivity contribution >= 4 is 28.9 Å². The second-order valence-corrected chi connectivity index (χ2v) is 8.98. The topological polar surface area (TPSA) is 83.8 Å². The van der Waals surface area contributed by atoms with Crippen LogP contribution in [0.3, 0.4) is 0 Å². The molecule has 1 aromatic rings. The number of imide groups is 1. The monoisotopic (exact) mass is 399 g/mol. The summed E-state index contributed by atoms with van der Waals surface area (Å²) in [6, 6.07) is 5.09. The SMILES string of the molecule is C[C@@H]1CC[C@@H]2C(=O)N(c3ccc(N(C)C4CCCCC4)c([N+](=O)[O-])c3)C(=O)[C@@H]2C1. The highest BCUT2D eigenvalue weighted by atomic mass is 16.6. The van der Waals surface area contributed by atoms with Crippen molar-refractivity contribution in [3.63, 3.8) is 0 Å². The van der Waals surface area contributed by atoms with Crippen molar-refractivity contribution < 1.29 is 14.5 Å². The van der Waals surface area contributed by atoms with Gasteiger partial charge in [-0.3, -0.25) is 19.7 Å². The van der Waals surface area contributed by atoms with E-state index in [1.807, 2.05) is 11.9 Å². The van der Waals surface area contributed by atoms with E-state index in [1.165, 1.54) is 17.4 Å². The highest BCUT2D eigenvalue weighted by Gasteiger charge is 2.50. The van der Waals surface area contributed by atoms with Gasteiger partial charge in [-0.2, -0.15) is 0 Å². The molecule has 1 aromatic carbocycles. The third-order valence-electron chi connectivity index (χ3n) is 7.10. The predicted molar refractivity (Wildman–Crippen MR) is 111 cm³/mol. The average molecular weight is 399 g/mol. The van der Waals surface area contributed by atoms with Crippen molar-refractivity contribution in [3.05, 3.63) is 28.3 Å². The van der Waals surface area contributed by atoms with Gasteiger partial charge in [-0.05, 0) is 50.2 Å². The molecule has 1 aliphatic heterocycles. The van der Waals surface area contributed by atoms with E-state index < -0.39 is 4.92 Å². The molecule has 0 unspecified atom stereocenters. The Morgan fingerprint density at radius 1 is 1.03 bits per heavy atom. The van der Waals surface area contributed by atoms with Gasteiger partial charge in [0.15, 0.2) is 0 Å². The maximum Gasteiger partial charge on any atom is 0.294 e. The quantitative estimate of drug-likeness (QED) is 0.428. The van der Waals surface area contributed by atoms with Crippen LogP contribution in [0.25, 0.3) is 0 Å². The first-order chi connectivity index (χ1) is 13.9. The first-order valence-corrected chi connectivity index (χ1v) is 10.8.